The number of para-hydroxylation sites is 2. The lowest BCUT2D eigenvalue weighted by Crippen LogP contribution is -2.40. The van der Waals surface area contributed by atoms with Gasteiger partial charge in [-0.3, -0.25) is 9.59 Å². The summed E-state index contributed by atoms with van der Waals surface area (Å²) in [4.78, 5) is 27.2. The zero-order chi connectivity index (χ0) is 20.8. The Balaban J connectivity index is 1.43. The van der Waals surface area contributed by atoms with Crippen LogP contribution < -0.4 is 10.1 Å². The number of morpholine rings is 1. The summed E-state index contributed by atoms with van der Waals surface area (Å²) in [6.07, 6.45) is 0.834. The van der Waals surface area contributed by atoms with Gasteiger partial charge in [0.1, 0.15) is 17.0 Å². The number of hydrogen-bond donors (Lipinski definition) is 1. The second-order valence-corrected chi connectivity index (χ2v) is 7.02. The summed E-state index contributed by atoms with van der Waals surface area (Å²) < 4.78 is 16.8. The Morgan fingerprint density at radius 3 is 2.53 bits per heavy atom. The van der Waals surface area contributed by atoms with Crippen molar-refractivity contribution in [2.75, 3.05) is 38.2 Å². The highest BCUT2D eigenvalue weighted by molar-refractivity contribution is 6.10. The molecule has 3 aromatic rings. The molecule has 4 rings (SSSR count). The number of anilines is 1. The molecule has 0 saturated carbocycles. The molecule has 1 saturated heterocycles. The van der Waals surface area contributed by atoms with Crippen molar-refractivity contribution in [3.8, 4) is 5.75 Å². The van der Waals surface area contributed by atoms with Crippen LogP contribution >= 0.6 is 0 Å². The molecule has 2 heterocycles. The first-order valence-corrected chi connectivity index (χ1v) is 10.1. The Morgan fingerprint density at radius 1 is 1.00 bits per heavy atom. The van der Waals surface area contributed by atoms with Crippen LogP contribution in [0.2, 0.25) is 0 Å². The van der Waals surface area contributed by atoms with Crippen molar-refractivity contribution in [3.05, 3.63) is 60.4 Å². The number of carbonyl (C=O) groups is 2. The Hall–Kier alpha value is -3.32. The molecule has 2 amide bonds. The molecule has 1 aliphatic rings. The van der Waals surface area contributed by atoms with Crippen molar-refractivity contribution in [3.63, 3.8) is 0 Å². The molecule has 1 aliphatic heterocycles. The molecule has 0 radical (unpaired) electrons. The molecule has 0 atom stereocenters. The lowest BCUT2D eigenvalue weighted by molar-refractivity contribution is -0.116. The largest absolute Gasteiger partial charge is 0.494 e. The number of amides is 2. The van der Waals surface area contributed by atoms with Gasteiger partial charge in [-0.2, -0.15) is 0 Å². The first-order valence-electron chi connectivity index (χ1n) is 10.1. The maximum Gasteiger partial charge on any atom is 0.291 e. The van der Waals surface area contributed by atoms with Crippen molar-refractivity contribution in [2.45, 2.75) is 12.8 Å². The third kappa shape index (κ3) is 4.63. The third-order valence-corrected chi connectivity index (χ3v) is 4.91. The highest BCUT2D eigenvalue weighted by Gasteiger charge is 2.27. The topological polar surface area (TPSA) is 81.0 Å². The molecule has 0 spiro atoms. The summed E-state index contributed by atoms with van der Waals surface area (Å²) in [6, 6.07) is 16.8. The van der Waals surface area contributed by atoms with E-state index in [0.29, 0.717) is 56.0 Å². The van der Waals surface area contributed by atoms with Crippen molar-refractivity contribution in [2.24, 2.45) is 0 Å². The third-order valence-electron chi connectivity index (χ3n) is 4.91. The van der Waals surface area contributed by atoms with E-state index >= 15 is 0 Å². The predicted molar refractivity (Wildman–Crippen MR) is 113 cm³/mol. The lowest BCUT2D eigenvalue weighted by Gasteiger charge is -2.26. The highest BCUT2D eigenvalue weighted by Crippen LogP contribution is 2.32. The van der Waals surface area contributed by atoms with Crippen molar-refractivity contribution >= 4 is 28.5 Å². The minimum absolute atomic E-state index is 0.159. The average Bonchev–Trinajstić information content (AvgIpc) is 3.16. The van der Waals surface area contributed by atoms with Gasteiger partial charge in [-0.15, -0.1) is 0 Å². The van der Waals surface area contributed by atoms with Crippen LogP contribution in [0.1, 0.15) is 23.4 Å². The maximum absolute atomic E-state index is 13.0. The Morgan fingerprint density at radius 2 is 1.73 bits per heavy atom. The fraction of sp³-hybridized carbons (Fsp3) is 0.304. The zero-order valence-electron chi connectivity index (χ0n) is 16.6. The van der Waals surface area contributed by atoms with Crippen molar-refractivity contribution < 1.29 is 23.5 Å². The van der Waals surface area contributed by atoms with E-state index in [1.807, 2.05) is 48.5 Å². The molecule has 156 valence electrons. The van der Waals surface area contributed by atoms with Crippen LogP contribution in [0.25, 0.3) is 11.0 Å². The Labute approximate surface area is 174 Å². The number of fused-ring (bicyclic) bond motifs is 1. The van der Waals surface area contributed by atoms with Crippen LogP contribution in [0.15, 0.2) is 59.0 Å². The molecule has 0 aliphatic carbocycles. The van der Waals surface area contributed by atoms with E-state index in [-0.39, 0.29) is 24.0 Å². The number of furan rings is 1. The average molecular weight is 408 g/mol. The van der Waals surface area contributed by atoms with E-state index in [9.17, 15) is 9.59 Å². The van der Waals surface area contributed by atoms with Gasteiger partial charge in [-0.05, 0) is 30.7 Å². The van der Waals surface area contributed by atoms with Gasteiger partial charge in [0.2, 0.25) is 11.7 Å². The van der Waals surface area contributed by atoms with Gasteiger partial charge in [0.05, 0.1) is 19.8 Å². The second-order valence-electron chi connectivity index (χ2n) is 7.02. The molecule has 1 aromatic heterocycles. The molecule has 7 nitrogen and oxygen atoms in total. The smallest absolute Gasteiger partial charge is 0.291 e. The number of ether oxygens (including phenoxy) is 2. The fourth-order valence-electron chi connectivity index (χ4n) is 3.37. The van der Waals surface area contributed by atoms with Gasteiger partial charge < -0.3 is 24.1 Å². The van der Waals surface area contributed by atoms with Crippen LogP contribution in [0.3, 0.4) is 0 Å². The molecule has 0 unspecified atom stereocenters. The van der Waals surface area contributed by atoms with E-state index in [1.54, 1.807) is 11.0 Å². The standard InChI is InChI=1S/C23H24N2O5/c26-20(11-6-14-29-17-7-2-1-3-8-17)24-21-18-9-4-5-10-19(18)30-22(21)23(27)25-12-15-28-16-13-25/h1-5,7-10H,6,11-16H2,(H,24,26). The van der Waals surface area contributed by atoms with E-state index in [0.717, 1.165) is 5.75 Å². The minimum atomic E-state index is -0.239. The van der Waals surface area contributed by atoms with Gasteiger partial charge in [0, 0.05) is 24.9 Å². The molecule has 0 bridgehead atoms. The van der Waals surface area contributed by atoms with Crippen LogP contribution in [0.4, 0.5) is 5.69 Å². The summed E-state index contributed by atoms with van der Waals surface area (Å²) in [7, 11) is 0. The highest BCUT2D eigenvalue weighted by atomic mass is 16.5. The van der Waals surface area contributed by atoms with Crippen LogP contribution in [0.5, 0.6) is 5.75 Å². The number of nitrogens with zero attached hydrogens (tertiary/aromatic N) is 1. The summed E-state index contributed by atoms with van der Waals surface area (Å²) in [5.41, 5.74) is 0.993. The minimum Gasteiger partial charge on any atom is -0.494 e. The Bertz CT molecular complexity index is 1010. The summed E-state index contributed by atoms with van der Waals surface area (Å²) in [5.74, 6) is 0.510. The molecule has 7 heteroatoms. The Kier molecular flexibility index (Phi) is 6.29. The van der Waals surface area contributed by atoms with E-state index in [4.69, 9.17) is 13.9 Å². The van der Waals surface area contributed by atoms with Gasteiger partial charge in [-0.25, -0.2) is 0 Å². The summed E-state index contributed by atoms with van der Waals surface area (Å²) >= 11 is 0. The maximum atomic E-state index is 13.0. The number of hydrogen-bond acceptors (Lipinski definition) is 5. The summed E-state index contributed by atoms with van der Waals surface area (Å²) in [5, 5.41) is 3.60. The summed E-state index contributed by atoms with van der Waals surface area (Å²) in [6.45, 7) is 2.42. The molecular formula is C23H24N2O5. The van der Waals surface area contributed by atoms with Crippen LogP contribution in [0, 0.1) is 0 Å². The molecular weight excluding hydrogens is 384 g/mol. The number of benzene rings is 2. The van der Waals surface area contributed by atoms with Crippen molar-refractivity contribution in [1.29, 1.82) is 0 Å². The number of nitrogens with one attached hydrogen (secondary N) is 1. The molecule has 1 fully saturated rings. The first-order chi connectivity index (χ1) is 14.7. The van der Waals surface area contributed by atoms with Gasteiger partial charge in [-0.1, -0.05) is 30.3 Å². The van der Waals surface area contributed by atoms with Gasteiger partial charge in [0.25, 0.3) is 5.91 Å². The van der Waals surface area contributed by atoms with Gasteiger partial charge >= 0.3 is 0 Å². The zero-order valence-corrected chi connectivity index (χ0v) is 16.6. The van der Waals surface area contributed by atoms with Gasteiger partial charge in [0.15, 0.2) is 0 Å². The van der Waals surface area contributed by atoms with E-state index in [1.165, 1.54) is 0 Å². The predicted octanol–water partition coefficient (Wildman–Crippen LogP) is 3.70. The second kappa shape index (κ2) is 9.45. The fourth-order valence-corrected chi connectivity index (χ4v) is 3.37. The first kappa shape index (κ1) is 20.0. The number of rotatable bonds is 7. The monoisotopic (exact) mass is 408 g/mol. The molecule has 30 heavy (non-hydrogen) atoms. The number of carbonyl (C=O) groups excluding carboxylic acids is 2. The molecule has 2 aromatic carbocycles. The SMILES string of the molecule is O=C(CCCOc1ccccc1)Nc1c(C(=O)N2CCOCC2)oc2ccccc12. The van der Waals surface area contributed by atoms with E-state index < -0.39 is 0 Å². The quantitative estimate of drug-likeness (QED) is 0.603. The molecule has 1 N–H and O–H groups in total. The van der Waals surface area contributed by atoms with Crippen LogP contribution in [-0.4, -0.2) is 49.6 Å². The van der Waals surface area contributed by atoms with Crippen LogP contribution in [-0.2, 0) is 9.53 Å². The normalized spacial score (nSPS) is 13.9. The van der Waals surface area contributed by atoms with E-state index in [2.05, 4.69) is 5.32 Å². The van der Waals surface area contributed by atoms with Crippen molar-refractivity contribution in [1.82, 2.24) is 4.90 Å². The lowest BCUT2D eigenvalue weighted by atomic mass is 10.2.